The van der Waals surface area contributed by atoms with Crippen molar-refractivity contribution in [3.8, 4) is 22.5 Å². The molecule has 2 fully saturated rings. The van der Waals surface area contributed by atoms with Crippen LogP contribution < -0.4 is 10.6 Å². The number of hydrogen-bond donors (Lipinski definition) is 2. The molecule has 6 aromatic rings. The molecule has 2 unspecified atom stereocenters. The summed E-state index contributed by atoms with van der Waals surface area (Å²) in [5, 5.41) is 10.2. The number of carbonyl (C=O) groups is 3. The van der Waals surface area contributed by atoms with Crippen molar-refractivity contribution in [2.75, 3.05) is 26.2 Å². The summed E-state index contributed by atoms with van der Waals surface area (Å²) in [5.41, 5.74) is 10.0. The lowest BCUT2D eigenvalue weighted by Gasteiger charge is -2.26. The number of rotatable bonds is 10. The topological polar surface area (TPSA) is 110 Å². The van der Waals surface area contributed by atoms with Gasteiger partial charge < -0.3 is 9.47 Å². The van der Waals surface area contributed by atoms with Gasteiger partial charge in [-0.2, -0.15) is 0 Å². The Kier molecular flexibility index (Phi) is 14.0. The lowest BCUT2D eigenvalue weighted by atomic mass is 9.85. The average Bonchev–Trinajstić information content (AvgIpc) is 4.15. The molecule has 2 atom stereocenters. The zero-order valence-electron chi connectivity index (χ0n) is 43.3. The molecule has 0 amide bonds. The lowest BCUT2D eigenvalue weighted by molar-refractivity contribution is -0.123. The summed E-state index contributed by atoms with van der Waals surface area (Å²) in [4.78, 5) is 50.0. The number of fused-ring (bicyclic) bond motifs is 4. The number of nitrogens with one attached hydrogen (secondary N) is 2. The number of nitrogens with zero attached hydrogens (tertiary/aromatic N) is 4. The fraction of sp³-hybridized carbons (Fsp3) is 0.475. The molecule has 11 nitrogen and oxygen atoms in total. The predicted molar refractivity (Wildman–Crippen MR) is 289 cm³/mol. The quantitative estimate of drug-likeness (QED) is 0.139. The highest BCUT2D eigenvalue weighted by Crippen LogP contribution is 2.48. The van der Waals surface area contributed by atoms with Gasteiger partial charge in [0, 0.05) is 58.1 Å². The summed E-state index contributed by atoms with van der Waals surface area (Å²) in [7, 11) is 0. The molecule has 10 rings (SSSR count). The first-order valence-electron chi connectivity index (χ1n) is 26.3. The van der Waals surface area contributed by atoms with Gasteiger partial charge in [-0.05, 0) is 199 Å². The first-order valence-corrected chi connectivity index (χ1v) is 27.1. The van der Waals surface area contributed by atoms with E-state index < -0.39 is 35.5 Å². The van der Waals surface area contributed by atoms with Crippen molar-refractivity contribution in [3.05, 3.63) is 115 Å². The molecular formula is C59H70Cl2N6O5. The van der Waals surface area contributed by atoms with E-state index in [1.54, 1.807) is 9.13 Å². The smallest absolute Gasteiger partial charge is 0.419 e. The van der Waals surface area contributed by atoms with Gasteiger partial charge in [0.15, 0.2) is 5.78 Å². The second-order valence-electron chi connectivity index (χ2n) is 22.5. The van der Waals surface area contributed by atoms with Gasteiger partial charge in [0.25, 0.3) is 0 Å². The summed E-state index contributed by atoms with van der Waals surface area (Å²) < 4.78 is 15.6. The van der Waals surface area contributed by atoms with Crippen molar-refractivity contribution in [1.29, 1.82) is 0 Å². The molecule has 2 N–H and O–H groups in total. The van der Waals surface area contributed by atoms with E-state index in [0.717, 1.165) is 106 Å². The second-order valence-corrected chi connectivity index (χ2v) is 23.2. The molecule has 0 saturated carbocycles. The van der Waals surface area contributed by atoms with Crippen LogP contribution in [-0.2, 0) is 53.3 Å². The summed E-state index contributed by atoms with van der Waals surface area (Å²) in [5.74, 6) is -0.122. The maximum Gasteiger partial charge on any atom is 0.419 e. The summed E-state index contributed by atoms with van der Waals surface area (Å²) >= 11 is 14.7. The number of benzene rings is 4. The van der Waals surface area contributed by atoms with Crippen LogP contribution in [0.1, 0.15) is 151 Å². The fourth-order valence-corrected chi connectivity index (χ4v) is 12.4. The third-order valence-corrected chi connectivity index (χ3v) is 15.9. The number of piperidine rings is 2. The molecule has 2 aromatic heterocycles. The van der Waals surface area contributed by atoms with Gasteiger partial charge in [-0.25, -0.2) is 18.7 Å². The third kappa shape index (κ3) is 9.78. The highest BCUT2D eigenvalue weighted by Gasteiger charge is 2.43. The number of likely N-dealkylation sites (tertiary alicyclic amines) is 2. The molecular weight excluding hydrogens is 944 g/mol. The zero-order chi connectivity index (χ0) is 50.8. The van der Waals surface area contributed by atoms with Crippen molar-refractivity contribution < 1.29 is 23.9 Å². The van der Waals surface area contributed by atoms with Crippen molar-refractivity contribution >= 4 is 63.0 Å². The number of ether oxygens (including phenoxy) is 2. The molecule has 4 aliphatic rings. The molecule has 4 aliphatic heterocycles. The Morgan fingerprint density at radius 1 is 0.569 bits per heavy atom. The fourth-order valence-electron chi connectivity index (χ4n) is 11.7. The number of halogens is 2. The molecule has 2 saturated heterocycles. The van der Waals surface area contributed by atoms with Crippen molar-refractivity contribution in [2.24, 2.45) is 0 Å². The Morgan fingerprint density at radius 2 is 0.958 bits per heavy atom. The van der Waals surface area contributed by atoms with Crippen LogP contribution in [0.3, 0.4) is 0 Å². The van der Waals surface area contributed by atoms with E-state index >= 15 is 4.79 Å². The monoisotopic (exact) mass is 1010 g/mol. The number of aryl methyl sites for hydroxylation is 2. The van der Waals surface area contributed by atoms with Crippen LogP contribution in [-0.4, -0.2) is 74.3 Å². The molecule has 0 spiro atoms. The van der Waals surface area contributed by atoms with E-state index in [1.807, 2.05) is 53.7 Å². The highest BCUT2D eigenvalue weighted by molar-refractivity contribution is 6.33. The molecule has 6 heterocycles. The Balaban J connectivity index is 1.11. The number of Topliss-reactive ketones (excluding diaryl/α,β-unsaturated/α-hetero) is 1. The summed E-state index contributed by atoms with van der Waals surface area (Å²) in [6, 6.07) is 19.3. The maximum absolute atomic E-state index is 15.9. The average molecular weight is 1010 g/mol. The standard InChI is InChI=1S/C59H70Cl2N6O5/c1-9-37-27-41(47-29-39-25-35(33-64-21-13-11-14-22-64)17-19-45(39)66(47)56(69)71-58(3,4)5)49-43(51(37)60)31-62-53(49)55(68)54-50-42(28-38(10-2)52(61)44(50)32-63-54)48-30-40-26-36(34-65-23-15-12-16-24-65)18-20-46(40)67(48)57(70)72-59(6,7)8/h17-20,25-30,53-54,62-63H,9-16,21-24,31-34H2,1-8H3. The molecule has 13 heteroatoms. The largest absolute Gasteiger partial charge is 0.443 e. The molecule has 380 valence electrons. The lowest BCUT2D eigenvalue weighted by Crippen LogP contribution is -2.32. The van der Waals surface area contributed by atoms with Crippen molar-refractivity contribution in [2.45, 2.75) is 156 Å². The summed E-state index contributed by atoms with van der Waals surface area (Å²) in [6.45, 7) is 22.0. The van der Waals surface area contributed by atoms with Gasteiger partial charge in [-0.3, -0.25) is 25.2 Å². The van der Waals surface area contributed by atoms with Crippen LogP contribution in [0.2, 0.25) is 10.0 Å². The highest BCUT2D eigenvalue weighted by atomic mass is 35.5. The van der Waals surface area contributed by atoms with Gasteiger partial charge in [0.05, 0.1) is 34.5 Å². The van der Waals surface area contributed by atoms with E-state index in [2.05, 4.69) is 82.8 Å². The number of hydrogen-bond acceptors (Lipinski definition) is 9. The SMILES string of the molecule is CCc1cc(-c2cc3cc(CN4CCCCC4)ccc3n2C(=O)OC(C)(C)C)c2c(c1Cl)CNC2C(=O)C1NCc2c(Cl)c(CC)cc(-c3cc4cc(CN5CCCCC5)ccc4n3C(=O)OC(C)(C)C)c21. The first kappa shape index (κ1) is 50.5. The Labute approximate surface area is 434 Å². The van der Waals surface area contributed by atoms with E-state index in [-0.39, 0.29) is 5.78 Å². The van der Waals surface area contributed by atoms with Crippen LogP contribution in [0.5, 0.6) is 0 Å². The van der Waals surface area contributed by atoms with Crippen LogP contribution >= 0.6 is 23.2 Å². The minimum Gasteiger partial charge on any atom is -0.443 e. The Bertz CT molecular complexity index is 2900. The van der Waals surface area contributed by atoms with E-state index in [9.17, 15) is 9.59 Å². The van der Waals surface area contributed by atoms with Gasteiger partial charge >= 0.3 is 12.2 Å². The van der Waals surface area contributed by atoms with E-state index in [1.165, 1.54) is 49.7 Å². The molecule has 72 heavy (non-hydrogen) atoms. The predicted octanol–water partition coefficient (Wildman–Crippen LogP) is 13.5. The third-order valence-electron chi connectivity index (χ3n) is 15.0. The molecule has 0 radical (unpaired) electrons. The number of aromatic nitrogens is 2. The van der Waals surface area contributed by atoms with Gasteiger partial charge in [-0.15, -0.1) is 0 Å². The van der Waals surface area contributed by atoms with Gasteiger partial charge in [0.1, 0.15) is 11.2 Å². The van der Waals surface area contributed by atoms with Crippen LogP contribution in [0.4, 0.5) is 9.59 Å². The van der Waals surface area contributed by atoms with Gasteiger partial charge in [-0.1, -0.05) is 62.0 Å². The van der Waals surface area contributed by atoms with E-state index in [0.29, 0.717) is 47.4 Å². The zero-order valence-corrected chi connectivity index (χ0v) is 44.8. The minimum atomic E-state index is -0.826. The normalized spacial score (nSPS) is 18.8. The number of carbonyl (C=O) groups excluding carboxylic acids is 3. The minimum absolute atomic E-state index is 0.122. The van der Waals surface area contributed by atoms with Crippen molar-refractivity contribution in [1.82, 2.24) is 29.6 Å². The van der Waals surface area contributed by atoms with Crippen LogP contribution in [0.15, 0.2) is 60.7 Å². The number of ketones is 1. The van der Waals surface area contributed by atoms with Crippen LogP contribution in [0.25, 0.3) is 44.3 Å². The molecule has 0 bridgehead atoms. The van der Waals surface area contributed by atoms with E-state index in [4.69, 9.17) is 32.7 Å². The van der Waals surface area contributed by atoms with Crippen molar-refractivity contribution in [3.63, 3.8) is 0 Å². The Morgan fingerprint density at radius 3 is 1.32 bits per heavy atom. The first-order chi connectivity index (χ1) is 34.4. The Hall–Kier alpha value is -5.01. The second kappa shape index (κ2) is 20.0. The van der Waals surface area contributed by atoms with Crippen LogP contribution in [0, 0.1) is 0 Å². The molecule has 4 aromatic carbocycles. The maximum atomic E-state index is 15.9. The van der Waals surface area contributed by atoms with Gasteiger partial charge in [0.2, 0.25) is 0 Å². The molecule has 0 aliphatic carbocycles. The summed E-state index contributed by atoms with van der Waals surface area (Å²) in [6.07, 6.45) is 7.62.